The smallest absolute Gasteiger partial charge is 0.227 e. The van der Waals surface area contributed by atoms with Crippen LogP contribution in [0.2, 0.25) is 0 Å². The van der Waals surface area contributed by atoms with E-state index in [0.717, 1.165) is 0 Å². The molecule has 1 atom stereocenters. The molecule has 0 saturated heterocycles. The third-order valence-electron chi connectivity index (χ3n) is 2.10. The lowest BCUT2D eigenvalue weighted by Crippen LogP contribution is -2.46. The maximum atomic E-state index is 11.6. The maximum absolute atomic E-state index is 11.6. The molecule has 0 aliphatic rings. The predicted molar refractivity (Wildman–Crippen MR) is 52.3 cm³/mol. The average Bonchev–Trinajstić information content (AvgIpc) is 2.14. The Morgan fingerprint density at radius 2 is 2.15 bits per heavy atom. The van der Waals surface area contributed by atoms with Crippen LogP contribution in [0.15, 0.2) is 0 Å². The minimum absolute atomic E-state index is 0.0958. The van der Waals surface area contributed by atoms with Crippen molar-refractivity contribution in [2.24, 2.45) is 5.92 Å². The minimum atomic E-state index is -0.766. The Hall–Kier alpha value is -0.750. The first-order valence-corrected chi connectivity index (χ1v) is 4.65. The second-order valence-electron chi connectivity index (χ2n) is 3.62. The summed E-state index contributed by atoms with van der Waals surface area (Å²) in [5.41, 5.74) is -0.766. The molecule has 0 aromatic rings. The minimum Gasteiger partial charge on any atom is -0.327 e. The third-order valence-corrected chi connectivity index (χ3v) is 2.56. The summed E-state index contributed by atoms with van der Waals surface area (Å²) in [6.45, 7) is 5.15. The lowest BCUT2D eigenvalue weighted by molar-refractivity contribution is -0.136. The summed E-state index contributed by atoms with van der Waals surface area (Å²) in [5.74, 6) is -0.0501. The van der Waals surface area contributed by atoms with Gasteiger partial charge in [0.15, 0.2) is 0 Å². The van der Waals surface area contributed by atoms with E-state index < -0.39 is 5.54 Å². The number of carbonyl (C=O) groups excluding carboxylic acids is 1. The Balaban J connectivity index is 4.54. The topological polar surface area (TPSA) is 44.1 Å². The Bertz CT molecular complexity index is 232. The van der Waals surface area contributed by atoms with Crippen LogP contribution in [0.3, 0.4) is 0 Å². The fourth-order valence-electron chi connectivity index (χ4n) is 0.747. The normalized spacial score (nSPS) is 13.2. The van der Waals surface area contributed by atoms with Crippen LogP contribution < -0.4 is 0 Å². The van der Waals surface area contributed by atoms with Crippen LogP contribution in [0.1, 0.15) is 20.8 Å². The molecule has 0 radical (unpaired) electrons. The summed E-state index contributed by atoms with van der Waals surface area (Å²) in [7, 11) is 1.62. The first-order valence-electron chi connectivity index (χ1n) is 4.11. The van der Waals surface area contributed by atoms with E-state index >= 15 is 0 Å². The van der Waals surface area contributed by atoms with E-state index in [1.165, 1.54) is 4.90 Å². The zero-order chi connectivity index (χ0) is 10.6. The summed E-state index contributed by atoms with van der Waals surface area (Å²) < 4.78 is 0. The van der Waals surface area contributed by atoms with Gasteiger partial charge in [-0.15, -0.1) is 11.6 Å². The summed E-state index contributed by atoms with van der Waals surface area (Å²) >= 11 is 5.55. The van der Waals surface area contributed by atoms with Gasteiger partial charge in [0.1, 0.15) is 5.54 Å². The predicted octanol–water partition coefficient (Wildman–Crippen LogP) is 1.62. The van der Waals surface area contributed by atoms with Crippen molar-refractivity contribution in [3.8, 4) is 6.07 Å². The number of nitriles is 1. The van der Waals surface area contributed by atoms with Gasteiger partial charge in [-0.2, -0.15) is 5.26 Å². The molecule has 1 unspecified atom stereocenters. The van der Waals surface area contributed by atoms with Crippen LogP contribution in [0.25, 0.3) is 0 Å². The van der Waals surface area contributed by atoms with E-state index in [1.54, 1.807) is 27.8 Å². The van der Waals surface area contributed by atoms with Crippen molar-refractivity contribution in [2.45, 2.75) is 26.3 Å². The molecule has 0 spiro atoms. The number of nitrogens with zero attached hydrogens (tertiary/aromatic N) is 2. The molecule has 0 rings (SSSR count). The van der Waals surface area contributed by atoms with Gasteiger partial charge in [-0.3, -0.25) is 4.79 Å². The van der Waals surface area contributed by atoms with Crippen molar-refractivity contribution in [2.75, 3.05) is 12.9 Å². The molecule has 3 nitrogen and oxygen atoms in total. The second kappa shape index (κ2) is 4.48. The first-order chi connectivity index (χ1) is 5.86. The van der Waals surface area contributed by atoms with Crippen molar-refractivity contribution in [3.63, 3.8) is 0 Å². The number of rotatable bonds is 3. The van der Waals surface area contributed by atoms with E-state index in [0.29, 0.717) is 0 Å². The molecule has 0 aromatic heterocycles. The van der Waals surface area contributed by atoms with Gasteiger partial charge in [-0.05, 0) is 13.8 Å². The largest absolute Gasteiger partial charge is 0.327 e. The Labute approximate surface area is 84.3 Å². The lowest BCUT2D eigenvalue weighted by Gasteiger charge is -2.30. The van der Waals surface area contributed by atoms with Gasteiger partial charge in [-0.25, -0.2) is 0 Å². The van der Waals surface area contributed by atoms with Crippen molar-refractivity contribution >= 4 is 17.5 Å². The molecule has 0 saturated carbocycles. The van der Waals surface area contributed by atoms with E-state index in [1.807, 2.05) is 0 Å². The highest BCUT2D eigenvalue weighted by molar-refractivity contribution is 6.19. The Kier molecular flexibility index (Phi) is 4.22. The van der Waals surface area contributed by atoms with Crippen LogP contribution in [-0.4, -0.2) is 29.3 Å². The molecule has 13 heavy (non-hydrogen) atoms. The van der Waals surface area contributed by atoms with Gasteiger partial charge in [0.05, 0.1) is 6.07 Å². The van der Waals surface area contributed by atoms with Gasteiger partial charge in [0, 0.05) is 18.8 Å². The van der Waals surface area contributed by atoms with Crippen LogP contribution in [0.5, 0.6) is 0 Å². The number of alkyl halides is 1. The zero-order valence-electron chi connectivity index (χ0n) is 8.47. The van der Waals surface area contributed by atoms with Gasteiger partial charge in [-0.1, -0.05) is 6.92 Å². The molecule has 0 heterocycles. The van der Waals surface area contributed by atoms with Gasteiger partial charge in [0.25, 0.3) is 0 Å². The van der Waals surface area contributed by atoms with Crippen molar-refractivity contribution in [3.05, 3.63) is 0 Å². The molecule has 0 aliphatic heterocycles. The van der Waals surface area contributed by atoms with Crippen molar-refractivity contribution in [1.82, 2.24) is 4.90 Å². The lowest BCUT2D eigenvalue weighted by atomic mass is 10.0. The summed E-state index contributed by atoms with van der Waals surface area (Å²) in [6.07, 6.45) is 0. The molecule has 0 bridgehead atoms. The average molecular weight is 203 g/mol. The Morgan fingerprint density at radius 3 is 2.46 bits per heavy atom. The number of hydrogen-bond donors (Lipinski definition) is 0. The van der Waals surface area contributed by atoms with E-state index in [9.17, 15) is 4.79 Å². The molecule has 4 heteroatoms. The molecule has 1 amide bonds. The molecule has 0 aromatic carbocycles. The van der Waals surface area contributed by atoms with Crippen LogP contribution >= 0.6 is 11.6 Å². The molecule has 0 aliphatic carbocycles. The Morgan fingerprint density at radius 1 is 1.69 bits per heavy atom. The number of amides is 1. The fourth-order valence-corrected chi connectivity index (χ4v) is 0.879. The molecule has 0 N–H and O–H groups in total. The number of hydrogen-bond acceptors (Lipinski definition) is 2. The van der Waals surface area contributed by atoms with Crippen molar-refractivity contribution in [1.29, 1.82) is 5.26 Å². The highest BCUT2D eigenvalue weighted by atomic mass is 35.5. The number of carbonyl (C=O) groups is 1. The second-order valence-corrected chi connectivity index (χ2v) is 3.93. The highest BCUT2D eigenvalue weighted by Gasteiger charge is 2.29. The summed E-state index contributed by atoms with van der Waals surface area (Å²) in [4.78, 5) is 13.0. The molecular formula is C9H15ClN2O. The first kappa shape index (κ1) is 12.2. The summed E-state index contributed by atoms with van der Waals surface area (Å²) in [5, 5.41) is 8.79. The fraction of sp³-hybridized carbons (Fsp3) is 0.778. The van der Waals surface area contributed by atoms with E-state index in [-0.39, 0.29) is 17.7 Å². The van der Waals surface area contributed by atoms with Gasteiger partial charge in [0.2, 0.25) is 5.91 Å². The third kappa shape index (κ3) is 2.89. The van der Waals surface area contributed by atoms with E-state index in [4.69, 9.17) is 16.9 Å². The maximum Gasteiger partial charge on any atom is 0.227 e. The van der Waals surface area contributed by atoms with Crippen LogP contribution in [0.4, 0.5) is 0 Å². The highest BCUT2D eigenvalue weighted by Crippen LogP contribution is 2.14. The quantitative estimate of drug-likeness (QED) is 0.653. The zero-order valence-corrected chi connectivity index (χ0v) is 9.22. The number of halogens is 1. The van der Waals surface area contributed by atoms with Crippen LogP contribution in [0, 0.1) is 17.2 Å². The summed E-state index contributed by atoms with van der Waals surface area (Å²) in [6, 6.07) is 2.06. The SMILES string of the molecule is CC(CCl)C(=O)N(C)C(C)(C)C#N. The molecule has 74 valence electrons. The van der Waals surface area contributed by atoms with Gasteiger partial charge >= 0.3 is 0 Å². The van der Waals surface area contributed by atoms with Crippen LogP contribution in [-0.2, 0) is 4.79 Å². The molecular weight excluding hydrogens is 188 g/mol. The van der Waals surface area contributed by atoms with Crippen molar-refractivity contribution < 1.29 is 4.79 Å². The standard InChI is InChI=1S/C9H15ClN2O/c1-7(5-10)8(13)12(4)9(2,3)6-11/h7H,5H2,1-4H3. The molecule has 0 fully saturated rings. The van der Waals surface area contributed by atoms with Gasteiger partial charge < -0.3 is 4.90 Å². The monoisotopic (exact) mass is 202 g/mol. The van der Waals surface area contributed by atoms with E-state index in [2.05, 4.69) is 6.07 Å².